The van der Waals surface area contributed by atoms with Crippen molar-refractivity contribution in [2.75, 3.05) is 5.32 Å². The van der Waals surface area contributed by atoms with E-state index in [0.29, 0.717) is 12.5 Å². The second kappa shape index (κ2) is 6.59. The number of anilines is 1. The van der Waals surface area contributed by atoms with Crippen LogP contribution in [0.2, 0.25) is 5.02 Å². The molecule has 5 heteroatoms. The third-order valence-corrected chi connectivity index (χ3v) is 3.59. The lowest BCUT2D eigenvalue weighted by molar-refractivity contribution is -0.384. The van der Waals surface area contributed by atoms with Crippen LogP contribution in [0, 0.1) is 10.1 Å². The lowest BCUT2D eigenvalue weighted by Gasteiger charge is -2.09. The van der Waals surface area contributed by atoms with Gasteiger partial charge in [0.25, 0.3) is 5.69 Å². The van der Waals surface area contributed by atoms with Gasteiger partial charge in [0.1, 0.15) is 5.02 Å². The fourth-order valence-electron chi connectivity index (χ4n) is 1.99. The smallest absolute Gasteiger partial charge is 0.288 e. The second-order valence-corrected chi connectivity index (χ2v) is 5.58. The number of benzene rings is 2. The summed E-state index contributed by atoms with van der Waals surface area (Å²) in [4.78, 5) is 10.2. The topological polar surface area (TPSA) is 55.2 Å². The largest absolute Gasteiger partial charge is 0.381 e. The van der Waals surface area contributed by atoms with Crippen LogP contribution < -0.4 is 5.32 Å². The van der Waals surface area contributed by atoms with Crippen molar-refractivity contribution in [3.05, 3.63) is 68.7 Å². The number of hydrogen-bond acceptors (Lipinski definition) is 3. The molecule has 4 nitrogen and oxygen atoms in total. The van der Waals surface area contributed by atoms with E-state index in [1.165, 1.54) is 11.6 Å². The fourth-order valence-corrected chi connectivity index (χ4v) is 2.24. The summed E-state index contributed by atoms with van der Waals surface area (Å²) in [5, 5.41) is 14.0. The van der Waals surface area contributed by atoms with Crippen LogP contribution in [0.5, 0.6) is 0 Å². The number of rotatable bonds is 5. The molecule has 0 fully saturated rings. The summed E-state index contributed by atoms with van der Waals surface area (Å²) < 4.78 is 0. The molecule has 0 aliphatic rings. The van der Waals surface area contributed by atoms with Crippen LogP contribution in [-0.2, 0) is 6.54 Å². The molecule has 0 bridgehead atoms. The van der Waals surface area contributed by atoms with Crippen LogP contribution in [0.3, 0.4) is 0 Å². The van der Waals surface area contributed by atoms with E-state index in [1.807, 2.05) is 0 Å². The van der Waals surface area contributed by atoms with Gasteiger partial charge in [-0.2, -0.15) is 0 Å². The third kappa shape index (κ3) is 3.95. The molecule has 0 saturated carbocycles. The normalized spacial score (nSPS) is 10.7. The number of halogens is 1. The SMILES string of the molecule is CC(C)c1ccc(CNc2ccc([N+](=O)[O-])c(Cl)c2)cc1. The van der Waals surface area contributed by atoms with Crippen molar-refractivity contribution < 1.29 is 4.92 Å². The van der Waals surface area contributed by atoms with Gasteiger partial charge >= 0.3 is 0 Å². The standard InChI is InChI=1S/C16H17ClN2O2/c1-11(2)13-5-3-12(4-6-13)10-18-14-7-8-16(19(20)21)15(17)9-14/h3-9,11,18H,10H2,1-2H3. The van der Waals surface area contributed by atoms with Crippen LogP contribution in [0.15, 0.2) is 42.5 Å². The molecule has 2 aromatic carbocycles. The van der Waals surface area contributed by atoms with E-state index in [2.05, 4.69) is 43.4 Å². The monoisotopic (exact) mass is 304 g/mol. The van der Waals surface area contributed by atoms with Gasteiger partial charge in [0.05, 0.1) is 4.92 Å². The summed E-state index contributed by atoms with van der Waals surface area (Å²) in [7, 11) is 0. The summed E-state index contributed by atoms with van der Waals surface area (Å²) in [6.45, 7) is 4.96. The van der Waals surface area contributed by atoms with Crippen molar-refractivity contribution in [3.8, 4) is 0 Å². The first-order chi connectivity index (χ1) is 9.97. The average Bonchev–Trinajstić information content (AvgIpc) is 2.45. The Morgan fingerprint density at radius 2 is 1.86 bits per heavy atom. The highest BCUT2D eigenvalue weighted by atomic mass is 35.5. The first kappa shape index (κ1) is 15.3. The zero-order chi connectivity index (χ0) is 15.4. The highest BCUT2D eigenvalue weighted by Crippen LogP contribution is 2.27. The summed E-state index contributed by atoms with van der Waals surface area (Å²) in [6, 6.07) is 13.0. The van der Waals surface area contributed by atoms with Crippen molar-refractivity contribution in [1.82, 2.24) is 0 Å². The van der Waals surface area contributed by atoms with E-state index in [0.717, 1.165) is 11.3 Å². The van der Waals surface area contributed by atoms with E-state index in [1.54, 1.807) is 12.1 Å². The molecule has 2 aromatic rings. The van der Waals surface area contributed by atoms with Gasteiger partial charge in [0, 0.05) is 18.3 Å². The Hall–Kier alpha value is -2.07. The zero-order valence-electron chi connectivity index (χ0n) is 12.0. The first-order valence-electron chi connectivity index (χ1n) is 6.74. The first-order valence-corrected chi connectivity index (χ1v) is 7.12. The van der Waals surface area contributed by atoms with Gasteiger partial charge in [-0.25, -0.2) is 0 Å². The fraction of sp³-hybridized carbons (Fsp3) is 0.250. The number of hydrogen-bond donors (Lipinski definition) is 1. The van der Waals surface area contributed by atoms with Gasteiger partial charge in [-0.15, -0.1) is 0 Å². The molecule has 21 heavy (non-hydrogen) atoms. The van der Waals surface area contributed by atoms with Crippen LogP contribution in [0.4, 0.5) is 11.4 Å². The van der Waals surface area contributed by atoms with Gasteiger partial charge in [-0.3, -0.25) is 10.1 Å². The molecule has 0 aliphatic carbocycles. The Morgan fingerprint density at radius 1 is 1.19 bits per heavy atom. The summed E-state index contributed by atoms with van der Waals surface area (Å²) in [5.74, 6) is 0.514. The van der Waals surface area contributed by atoms with E-state index < -0.39 is 4.92 Å². The maximum atomic E-state index is 10.7. The van der Waals surface area contributed by atoms with Crippen LogP contribution in [0.25, 0.3) is 0 Å². The Labute approximate surface area is 128 Å². The van der Waals surface area contributed by atoms with Gasteiger partial charge < -0.3 is 5.32 Å². The molecular weight excluding hydrogens is 288 g/mol. The molecule has 0 aliphatic heterocycles. The van der Waals surface area contributed by atoms with Crippen molar-refractivity contribution in [3.63, 3.8) is 0 Å². The summed E-state index contributed by atoms with van der Waals surface area (Å²) in [6.07, 6.45) is 0. The molecule has 0 radical (unpaired) electrons. The average molecular weight is 305 g/mol. The summed E-state index contributed by atoms with van der Waals surface area (Å²) in [5.41, 5.74) is 3.13. The predicted molar refractivity (Wildman–Crippen MR) is 86.0 cm³/mol. The quantitative estimate of drug-likeness (QED) is 0.626. The molecule has 0 atom stereocenters. The van der Waals surface area contributed by atoms with E-state index in [4.69, 9.17) is 11.6 Å². The maximum absolute atomic E-state index is 10.7. The van der Waals surface area contributed by atoms with Gasteiger partial charge in [-0.1, -0.05) is 49.7 Å². The highest BCUT2D eigenvalue weighted by molar-refractivity contribution is 6.32. The van der Waals surface area contributed by atoms with E-state index in [9.17, 15) is 10.1 Å². The molecule has 0 spiro atoms. The zero-order valence-corrected chi connectivity index (χ0v) is 12.7. The van der Waals surface area contributed by atoms with Crippen molar-refractivity contribution >= 4 is 23.0 Å². The predicted octanol–water partition coefficient (Wildman–Crippen LogP) is 4.98. The molecule has 0 aromatic heterocycles. The van der Waals surface area contributed by atoms with Crippen LogP contribution >= 0.6 is 11.6 Å². The van der Waals surface area contributed by atoms with E-state index >= 15 is 0 Å². The molecule has 0 unspecified atom stereocenters. The molecule has 0 saturated heterocycles. The minimum Gasteiger partial charge on any atom is -0.381 e. The van der Waals surface area contributed by atoms with Crippen molar-refractivity contribution in [2.24, 2.45) is 0 Å². The molecule has 1 N–H and O–H groups in total. The Morgan fingerprint density at radius 3 is 2.38 bits per heavy atom. The number of nitrogens with zero attached hydrogens (tertiary/aromatic N) is 1. The van der Waals surface area contributed by atoms with Gasteiger partial charge in [0.2, 0.25) is 0 Å². The molecule has 2 rings (SSSR count). The Bertz CT molecular complexity index is 639. The lowest BCUT2D eigenvalue weighted by Crippen LogP contribution is -2.00. The molecular formula is C16H17ClN2O2. The number of nitro benzene ring substituents is 1. The molecule has 0 heterocycles. The van der Waals surface area contributed by atoms with Gasteiger partial charge in [-0.05, 0) is 29.2 Å². The van der Waals surface area contributed by atoms with E-state index in [-0.39, 0.29) is 10.7 Å². The highest BCUT2D eigenvalue weighted by Gasteiger charge is 2.11. The molecule has 0 amide bonds. The third-order valence-electron chi connectivity index (χ3n) is 3.29. The lowest BCUT2D eigenvalue weighted by atomic mass is 10.0. The second-order valence-electron chi connectivity index (χ2n) is 5.17. The number of nitro groups is 1. The number of nitrogens with one attached hydrogen (secondary N) is 1. The van der Waals surface area contributed by atoms with Crippen LogP contribution in [-0.4, -0.2) is 4.92 Å². The van der Waals surface area contributed by atoms with Crippen molar-refractivity contribution in [2.45, 2.75) is 26.3 Å². The van der Waals surface area contributed by atoms with Gasteiger partial charge in [0.15, 0.2) is 0 Å². The maximum Gasteiger partial charge on any atom is 0.288 e. The Kier molecular flexibility index (Phi) is 4.81. The minimum atomic E-state index is -0.489. The van der Waals surface area contributed by atoms with Crippen LogP contribution in [0.1, 0.15) is 30.9 Å². The minimum absolute atomic E-state index is 0.0801. The Balaban J connectivity index is 2.03. The van der Waals surface area contributed by atoms with Crippen molar-refractivity contribution in [1.29, 1.82) is 0 Å². The summed E-state index contributed by atoms with van der Waals surface area (Å²) >= 11 is 5.88. The molecule has 110 valence electrons.